The highest BCUT2D eigenvalue weighted by molar-refractivity contribution is 7.98. The van der Waals surface area contributed by atoms with Crippen LogP contribution < -0.4 is 4.90 Å². The maximum Gasteiger partial charge on any atom is 0.231 e. The summed E-state index contributed by atoms with van der Waals surface area (Å²) in [5, 5.41) is 0.867. The summed E-state index contributed by atoms with van der Waals surface area (Å²) in [6.07, 6.45) is 7.77. The van der Waals surface area contributed by atoms with Crippen LogP contribution in [0.5, 0.6) is 0 Å². The van der Waals surface area contributed by atoms with Gasteiger partial charge in [0, 0.05) is 23.9 Å². The van der Waals surface area contributed by atoms with Crippen LogP contribution in [0.25, 0.3) is 10.2 Å². The zero-order valence-corrected chi connectivity index (χ0v) is 19.6. The summed E-state index contributed by atoms with van der Waals surface area (Å²) in [5.74, 6) is 0.454. The van der Waals surface area contributed by atoms with Gasteiger partial charge >= 0.3 is 0 Å². The van der Waals surface area contributed by atoms with Crippen molar-refractivity contribution in [3.63, 3.8) is 0 Å². The molecule has 0 bridgehead atoms. The quantitative estimate of drug-likeness (QED) is 0.492. The molecule has 28 heavy (non-hydrogen) atoms. The summed E-state index contributed by atoms with van der Waals surface area (Å²) in [6, 6.07) is 6.38. The average Bonchev–Trinajstić information content (AvgIpc) is 3.14. The molecule has 1 saturated carbocycles. The van der Waals surface area contributed by atoms with E-state index in [2.05, 4.69) is 43.2 Å². The predicted molar refractivity (Wildman–Crippen MR) is 125 cm³/mol. The van der Waals surface area contributed by atoms with Crippen molar-refractivity contribution < 1.29 is 4.79 Å². The maximum atomic E-state index is 13.4. The van der Waals surface area contributed by atoms with Crippen LogP contribution in [0, 0.1) is 5.92 Å². The Hall–Kier alpha value is -0.820. The number of hydrogen-bond acceptors (Lipinski definition) is 5. The van der Waals surface area contributed by atoms with Gasteiger partial charge in [0.25, 0.3) is 0 Å². The summed E-state index contributed by atoms with van der Waals surface area (Å²) >= 11 is 3.40. The smallest absolute Gasteiger partial charge is 0.231 e. The second kappa shape index (κ2) is 11.4. The summed E-state index contributed by atoms with van der Waals surface area (Å²) in [6.45, 7) is 8.01. The van der Waals surface area contributed by atoms with Crippen molar-refractivity contribution in [3.8, 4) is 0 Å². The van der Waals surface area contributed by atoms with Gasteiger partial charge in [0.05, 0.1) is 10.2 Å². The topological polar surface area (TPSA) is 36.4 Å². The van der Waals surface area contributed by atoms with Crippen LogP contribution in [0.3, 0.4) is 0 Å². The van der Waals surface area contributed by atoms with Crippen molar-refractivity contribution in [2.24, 2.45) is 5.92 Å². The fourth-order valence-electron chi connectivity index (χ4n) is 3.79. The van der Waals surface area contributed by atoms with Gasteiger partial charge in [-0.2, -0.15) is 0 Å². The molecular weight excluding hydrogens is 410 g/mol. The van der Waals surface area contributed by atoms with Gasteiger partial charge in [0.1, 0.15) is 0 Å². The monoisotopic (exact) mass is 441 g/mol. The van der Waals surface area contributed by atoms with Gasteiger partial charge < -0.3 is 4.90 Å². The summed E-state index contributed by atoms with van der Waals surface area (Å²) in [7, 11) is 0. The Morgan fingerprint density at radius 2 is 1.89 bits per heavy atom. The number of hydrogen-bond donors (Lipinski definition) is 0. The van der Waals surface area contributed by atoms with Gasteiger partial charge in [-0.3, -0.25) is 9.69 Å². The number of rotatable bonds is 8. The van der Waals surface area contributed by atoms with Gasteiger partial charge in [-0.05, 0) is 50.4 Å². The second-order valence-corrected chi connectivity index (χ2v) is 9.07. The Labute approximate surface area is 183 Å². The lowest BCUT2D eigenvalue weighted by atomic mass is 9.88. The Balaban J connectivity index is 0.00000280. The van der Waals surface area contributed by atoms with E-state index in [1.807, 2.05) is 4.90 Å². The summed E-state index contributed by atoms with van der Waals surface area (Å²) < 4.78 is 1.17. The molecule has 1 aromatic carbocycles. The van der Waals surface area contributed by atoms with Gasteiger partial charge in [0.2, 0.25) is 5.91 Å². The number of carbonyl (C=O) groups excluding carboxylic acids is 1. The molecule has 1 heterocycles. The van der Waals surface area contributed by atoms with E-state index in [0.29, 0.717) is 0 Å². The lowest BCUT2D eigenvalue weighted by molar-refractivity contribution is -0.123. The first-order valence-electron chi connectivity index (χ1n) is 10.1. The molecule has 1 aromatic heterocycles. The molecule has 0 unspecified atom stereocenters. The van der Waals surface area contributed by atoms with Crippen molar-refractivity contribution in [1.82, 2.24) is 9.88 Å². The zero-order valence-electron chi connectivity index (χ0n) is 17.1. The van der Waals surface area contributed by atoms with Gasteiger partial charge in [0.15, 0.2) is 5.13 Å². The molecule has 0 radical (unpaired) electrons. The number of nitrogens with zero attached hydrogens (tertiary/aromatic N) is 3. The number of fused-ring (bicyclic) bond motifs is 1. The Bertz CT molecular complexity index is 757. The molecule has 0 aliphatic heterocycles. The van der Waals surface area contributed by atoms with Crippen LogP contribution >= 0.6 is 35.5 Å². The molecule has 0 saturated heterocycles. The van der Waals surface area contributed by atoms with Gasteiger partial charge in [-0.1, -0.05) is 44.4 Å². The number of thiazole rings is 1. The number of benzene rings is 1. The summed E-state index contributed by atoms with van der Waals surface area (Å²) in [4.78, 5) is 23.8. The van der Waals surface area contributed by atoms with Gasteiger partial charge in [-0.25, -0.2) is 4.98 Å². The minimum absolute atomic E-state index is 0. The largest absolute Gasteiger partial charge is 0.302 e. The SMILES string of the molecule is CCN(CC)CCN(C(=O)C1CCCCC1)c1nc2ccc(SC)cc2s1.Cl. The van der Waals surface area contributed by atoms with E-state index in [4.69, 9.17) is 4.98 Å². The van der Waals surface area contributed by atoms with E-state index >= 15 is 0 Å². The molecule has 7 heteroatoms. The molecule has 0 spiro atoms. The first-order chi connectivity index (χ1) is 13.2. The molecule has 2 aromatic rings. The van der Waals surface area contributed by atoms with Crippen LogP contribution in [0.1, 0.15) is 46.0 Å². The maximum absolute atomic E-state index is 13.4. The van der Waals surface area contributed by atoms with Crippen molar-refractivity contribution in [1.29, 1.82) is 0 Å². The van der Waals surface area contributed by atoms with Crippen LogP contribution in [0.4, 0.5) is 5.13 Å². The van der Waals surface area contributed by atoms with E-state index in [9.17, 15) is 4.79 Å². The first-order valence-corrected chi connectivity index (χ1v) is 12.2. The van der Waals surface area contributed by atoms with E-state index in [1.165, 1.54) is 28.9 Å². The first kappa shape index (κ1) is 23.5. The molecule has 1 amide bonds. The van der Waals surface area contributed by atoms with E-state index < -0.39 is 0 Å². The molecule has 1 aliphatic carbocycles. The normalized spacial score (nSPS) is 15.0. The number of anilines is 1. The fourth-order valence-corrected chi connectivity index (χ4v) is 5.34. The minimum atomic E-state index is 0. The molecule has 4 nitrogen and oxygen atoms in total. The lowest BCUT2D eigenvalue weighted by Gasteiger charge is -2.29. The highest BCUT2D eigenvalue weighted by atomic mass is 35.5. The fraction of sp³-hybridized carbons (Fsp3) is 0.619. The van der Waals surface area contributed by atoms with Crippen molar-refractivity contribution in [2.45, 2.75) is 50.8 Å². The van der Waals surface area contributed by atoms with E-state index in [1.54, 1.807) is 23.1 Å². The number of likely N-dealkylation sites (N-methyl/N-ethyl adjacent to an activating group) is 1. The van der Waals surface area contributed by atoms with Gasteiger partial charge in [-0.15, -0.1) is 24.2 Å². The third kappa shape index (κ3) is 5.62. The molecule has 3 rings (SSSR count). The third-order valence-electron chi connectivity index (χ3n) is 5.57. The standard InChI is InChI=1S/C21H31N3OS2.ClH/c1-4-23(5-2)13-14-24(20(25)16-9-7-6-8-10-16)21-22-18-12-11-17(26-3)15-19(18)27-21;/h11-12,15-16H,4-10,13-14H2,1-3H3;1H. The van der Waals surface area contributed by atoms with E-state index in [-0.39, 0.29) is 24.2 Å². The Kier molecular flexibility index (Phi) is 9.54. The van der Waals surface area contributed by atoms with Crippen molar-refractivity contribution in [3.05, 3.63) is 18.2 Å². The number of amides is 1. The molecular formula is C21H32ClN3OS2. The van der Waals surface area contributed by atoms with Crippen LogP contribution in [-0.4, -0.2) is 48.2 Å². The molecule has 1 aliphatic rings. The van der Waals surface area contributed by atoms with Crippen LogP contribution in [0.2, 0.25) is 0 Å². The second-order valence-electron chi connectivity index (χ2n) is 7.18. The Morgan fingerprint density at radius 1 is 1.18 bits per heavy atom. The van der Waals surface area contributed by atoms with E-state index in [0.717, 1.165) is 49.7 Å². The third-order valence-corrected chi connectivity index (χ3v) is 7.34. The molecule has 0 atom stereocenters. The molecule has 0 N–H and O–H groups in total. The predicted octanol–water partition coefficient (Wildman–Crippen LogP) is 5.70. The van der Waals surface area contributed by atoms with Crippen LogP contribution in [-0.2, 0) is 4.79 Å². The van der Waals surface area contributed by atoms with Crippen molar-refractivity contribution >= 4 is 56.8 Å². The Morgan fingerprint density at radius 3 is 2.54 bits per heavy atom. The average molecular weight is 442 g/mol. The highest BCUT2D eigenvalue weighted by Crippen LogP contribution is 2.34. The molecule has 1 fully saturated rings. The number of carbonyl (C=O) groups is 1. The summed E-state index contributed by atoms with van der Waals surface area (Å²) in [5.41, 5.74) is 0.997. The van der Waals surface area contributed by atoms with Crippen LogP contribution in [0.15, 0.2) is 23.1 Å². The number of aromatic nitrogens is 1. The minimum Gasteiger partial charge on any atom is -0.302 e. The number of halogens is 1. The number of thioether (sulfide) groups is 1. The zero-order chi connectivity index (χ0) is 19.2. The highest BCUT2D eigenvalue weighted by Gasteiger charge is 2.28. The lowest BCUT2D eigenvalue weighted by Crippen LogP contribution is -2.42. The molecule has 156 valence electrons. The van der Waals surface area contributed by atoms with Crippen molar-refractivity contribution in [2.75, 3.05) is 37.3 Å².